The van der Waals surface area contributed by atoms with Crippen LogP contribution in [0.1, 0.15) is 79.6 Å². The number of aryl methyl sites for hydroxylation is 2. The molecule has 204 valence electrons. The number of amides is 1. The Balaban J connectivity index is 1.83. The molecule has 0 aliphatic rings. The maximum atomic E-state index is 13.8. The number of rotatable bonds is 15. The number of anilines is 2. The summed E-state index contributed by atoms with van der Waals surface area (Å²) >= 11 is 0. The predicted molar refractivity (Wildman–Crippen MR) is 159 cm³/mol. The van der Waals surface area contributed by atoms with Crippen molar-refractivity contribution < 1.29 is 4.79 Å². The molecule has 0 saturated heterocycles. The van der Waals surface area contributed by atoms with E-state index in [-0.39, 0.29) is 5.91 Å². The highest BCUT2D eigenvalue weighted by molar-refractivity contribution is 6.06. The average molecular weight is 516 g/mol. The van der Waals surface area contributed by atoms with Crippen molar-refractivity contribution in [1.29, 1.82) is 0 Å². The fraction of sp³-hybridized carbons (Fsp3) is 0.469. The van der Waals surface area contributed by atoms with Crippen LogP contribution in [0.4, 0.5) is 11.6 Å². The average Bonchev–Trinajstić information content (AvgIpc) is 2.94. The molecule has 0 fully saturated rings. The molecule has 2 N–H and O–H groups in total. The summed E-state index contributed by atoms with van der Waals surface area (Å²) in [6.45, 7) is 10.7. The minimum absolute atomic E-state index is 0.0396. The van der Waals surface area contributed by atoms with Crippen LogP contribution in [0.25, 0.3) is 0 Å². The minimum Gasteiger partial charge on any atom is -0.354 e. The van der Waals surface area contributed by atoms with Crippen molar-refractivity contribution >= 4 is 17.5 Å². The lowest BCUT2D eigenvalue weighted by atomic mass is 9.89. The number of nitrogens with one attached hydrogen (secondary N) is 2. The molecule has 0 radical (unpaired) electrons. The maximum Gasteiger partial charge on any atom is 0.261 e. The molecule has 0 spiro atoms. The molecule has 1 heterocycles. The number of benzene rings is 2. The highest BCUT2D eigenvalue weighted by Gasteiger charge is 2.22. The molecule has 1 aromatic heterocycles. The Kier molecular flexibility index (Phi) is 11.7. The first kappa shape index (κ1) is 29.3. The highest BCUT2D eigenvalue weighted by atomic mass is 16.2. The topological polar surface area (TPSA) is 70.2 Å². The fourth-order valence-electron chi connectivity index (χ4n) is 4.71. The molecule has 2 aromatic carbocycles. The number of hydrogen-bond donors (Lipinski definition) is 2. The quantitative estimate of drug-likeness (QED) is 0.238. The Hall–Kier alpha value is -3.25. The molecule has 3 rings (SSSR count). The Morgan fingerprint density at radius 2 is 1.82 bits per heavy atom. The van der Waals surface area contributed by atoms with Crippen LogP contribution in [0.5, 0.6) is 0 Å². The standard InChI is InChI=1S/C32H45N5O/c1-6-24(3)19-21-37(31(38)30-23-35-32(34-7-2)36-25(30)4)29-15-11-12-26(22-29)16-17-28(18-20-33-5)27-13-9-8-10-14-27/h8-15,22-24,28,33H,6-7,16-21H2,1-5H3,(H,34,35,36). The smallest absolute Gasteiger partial charge is 0.261 e. The van der Waals surface area contributed by atoms with Gasteiger partial charge in [0.1, 0.15) is 0 Å². The van der Waals surface area contributed by atoms with Gasteiger partial charge in [-0.15, -0.1) is 0 Å². The van der Waals surface area contributed by atoms with E-state index in [1.165, 1.54) is 11.1 Å². The van der Waals surface area contributed by atoms with Crippen LogP contribution in [-0.2, 0) is 6.42 Å². The number of aromatic nitrogens is 2. The van der Waals surface area contributed by atoms with E-state index in [2.05, 4.69) is 89.0 Å². The normalized spacial score (nSPS) is 12.7. The lowest BCUT2D eigenvalue weighted by Gasteiger charge is -2.25. The molecule has 6 nitrogen and oxygen atoms in total. The molecule has 1 amide bonds. The van der Waals surface area contributed by atoms with E-state index in [0.29, 0.717) is 35.6 Å². The van der Waals surface area contributed by atoms with Gasteiger partial charge in [0, 0.05) is 25.0 Å². The Labute approximate surface area is 229 Å². The highest BCUT2D eigenvalue weighted by Crippen LogP contribution is 2.27. The van der Waals surface area contributed by atoms with Crippen LogP contribution in [0, 0.1) is 12.8 Å². The molecule has 0 bridgehead atoms. The third-order valence-corrected chi connectivity index (χ3v) is 7.35. The molecular weight excluding hydrogens is 470 g/mol. The Bertz CT molecular complexity index is 1130. The van der Waals surface area contributed by atoms with E-state index in [9.17, 15) is 4.79 Å². The third-order valence-electron chi connectivity index (χ3n) is 7.35. The van der Waals surface area contributed by atoms with Crippen LogP contribution in [0.3, 0.4) is 0 Å². The predicted octanol–water partition coefficient (Wildman–Crippen LogP) is 6.63. The molecule has 0 saturated carbocycles. The first-order valence-corrected chi connectivity index (χ1v) is 14.1. The summed E-state index contributed by atoms with van der Waals surface area (Å²) in [5.74, 6) is 1.55. The monoisotopic (exact) mass is 515 g/mol. The van der Waals surface area contributed by atoms with Crippen LogP contribution in [0.15, 0.2) is 60.8 Å². The summed E-state index contributed by atoms with van der Waals surface area (Å²) in [5.41, 5.74) is 4.83. The molecule has 0 aliphatic carbocycles. The molecule has 38 heavy (non-hydrogen) atoms. The van der Waals surface area contributed by atoms with Gasteiger partial charge in [0.15, 0.2) is 0 Å². The summed E-state index contributed by atoms with van der Waals surface area (Å²) in [7, 11) is 2.01. The van der Waals surface area contributed by atoms with E-state index in [1.807, 2.05) is 25.8 Å². The van der Waals surface area contributed by atoms with Gasteiger partial charge in [-0.05, 0) is 88.2 Å². The van der Waals surface area contributed by atoms with Gasteiger partial charge in [-0.1, -0.05) is 62.7 Å². The van der Waals surface area contributed by atoms with E-state index < -0.39 is 0 Å². The van der Waals surface area contributed by atoms with Crippen molar-refractivity contribution in [2.24, 2.45) is 5.92 Å². The SMILES string of the molecule is CCNc1ncc(C(=O)N(CCC(C)CC)c2cccc(CCC(CCNC)c3ccccc3)c2)c(C)n1. The van der Waals surface area contributed by atoms with Crippen LogP contribution in [0.2, 0.25) is 0 Å². The molecule has 2 atom stereocenters. The van der Waals surface area contributed by atoms with Gasteiger partial charge >= 0.3 is 0 Å². The van der Waals surface area contributed by atoms with Gasteiger partial charge in [0.05, 0.1) is 11.3 Å². The van der Waals surface area contributed by atoms with Crippen LogP contribution in [-0.4, -0.2) is 42.6 Å². The molecule has 3 aromatic rings. The van der Waals surface area contributed by atoms with Crippen LogP contribution < -0.4 is 15.5 Å². The number of carbonyl (C=O) groups is 1. The van der Waals surface area contributed by atoms with E-state index in [1.54, 1.807) is 6.20 Å². The number of hydrogen-bond acceptors (Lipinski definition) is 5. The first-order valence-electron chi connectivity index (χ1n) is 14.1. The second-order valence-electron chi connectivity index (χ2n) is 10.2. The maximum absolute atomic E-state index is 13.8. The minimum atomic E-state index is -0.0396. The fourth-order valence-corrected chi connectivity index (χ4v) is 4.71. The molecule has 6 heteroatoms. The zero-order chi connectivity index (χ0) is 27.3. The van der Waals surface area contributed by atoms with Gasteiger partial charge in [-0.3, -0.25) is 4.79 Å². The second kappa shape index (κ2) is 15.2. The second-order valence-corrected chi connectivity index (χ2v) is 10.2. The van der Waals surface area contributed by atoms with Crippen molar-refractivity contribution in [3.63, 3.8) is 0 Å². The lowest BCUT2D eigenvalue weighted by Crippen LogP contribution is -2.33. The molecule has 0 aliphatic heterocycles. The zero-order valence-electron chi connectivity index (χ0n) is 23.8. The number of carbonyl (C=O) groups excluding carboxylic acids is 1. The summed E-state index contributed by atoms with van der Waals surface area (Å²) in [4.78, 5) is 24.7. The van der Waals surface area contributed by atoms with Gasteiger partial charge in [-0.2, -0.15) is 0 Å². The summed E-state index contributed by atoms with van der Waals surface area (Å²) < 4.78 is 0. The van der Waals surface area contributed by atoms with Gasteiger partial charge in [-0.25, -0.2) is 9.97 Å². The van der Waals surface area contributed by atoms with Gasteiger partial charge in [0.2, 0.25) is 5.95 Å². The van der Waals surface area contributed by atoms with Crippen molar-refractivity contribution in [2.75, 3.05) is 36.9 Å². The summed E-state index contributed by atoms with van der Waals surface area (Å²) in [6, 6.07) is 19.3. The summed E-state index contributed by atoms with van der Waals surface area (Å²) in [6.07, 6.45) is 6.83. The zero-order valence-corrected chi connectivity index (χ0v) is 23.8. The van der Waals surface area contributed by atoms with E-state index >= 15 is 0 Å². The molecule has 2 unspecified atom stereocenters. The number of nitrogens with zero attached hydrogens (tertiary/aromatic N) is 3. The third kappa shape index (κ3) is 8.38. The van der Waals surface area contributed by atoms with Crippen molar-refractivity contribution in [1.82, 2.24) is 15.3 Å². The van der Waals surface area contributed by atoms with Gasteiger partial charge < -0.3 is 15.5 Å². The van der Waals surface area contributed by atoms with Crippen molar-refractivity contribution in [3.05, 3.63) is 83.2 Å². The first-order chi connectivity index (χ1) is 18.5. The molecular formula is C32H45N5O. The Morgan fingerprint density at radius 3 is 2.50 bits per heavy atom. The Morgan fingerprint density at radius 1 is 1.03 bits per heavy atom. The van der Waals surface area contributed by atoms with E-state index in [4.69, 9.17) is 0 Å². The van der Waals surface area contributed by atoms with Crippen molar-refractivity contribution in [2.45, 2.75) is 65.7 Å². The lowest BCUT2D eigenvalue weighted by molar-refractivity contribution is 0.0984. The van der Waals surface area contributed by atoms with Gasteiger partial charge in [0.25, 0.3) is 5.91 Å². The van der Waals surface area contributed by atoms with E-state index in [0.717, 1.165) is 50.9 Å². The summed E-state index contributed by atoms with van der Waals surface area (Å²) in [5, 5.41) is 6.43. The van der Waals surface area contributed by atoms with Crippen LogP contribution >= 0.6 is 0 Å². The largest absolute Gasteiger partial charge is 0.354 e. The van der Waals surface area contributed by atoms with Crippen molar-refractivity contribution in [3.8, 4) is 0 Å².